The van der Waals surface area contributed by atoms with Crippen LogP contribution in [-0.4, -0.2) is 56.9 Å². The Morgan fingerprint density at radius 3 is 2.76 bits per heavy atom. The summed E-state index contributed by atoms with van der Waals surface area (Å²) in [6, 6.07) is 6.01. The summed E-state index contributed by atoms with van der Waals surface area (Å²) in [6.45, 7) is 6.16. The molecule has 1 fully saturated rings. The van der Waals surface area contributed by atoms with Gasteiger partial charge in [-0.05, 0) is 32.0 Å². The molecule has 10 heteroatoms. The summed E-state index contributed by atoms with van der Waals surface area (Å²) in [5.41, 5.74) is 4.98. The number of ether oxygens (including phenoxy) is 3. The maximum Gasteiger partial charge on any atom is 0.258 e. The molecule has 10 nitrogen and oxygen atoms in total. The molecule has 0 amide bonds. The lowest BCUT2D eigenvalue weighted by Crippen LogP contribution is -2.31. The molecular weight excluding hydrogens is 436 g/mol. The molecule has 4 aromatic rings. The van der Waals surface area contributed by atoms with Crippen LogP contribution in [0.1, 0.15) is 31.0 Å². The van der Waals surface area contributed by atoms with Crippen LogP contribution in [0.4, 0.5) is 0 Å². The highest BCUT2D eigenvalue weighted by Gasteiger charge is 2.31. The predicted octanol–water partition coefficient (Wildman–Crippen LogP) is 3.23. The molecule has 0 radical (unpaired) electrons. The van der Waals surface area contributed by atoms with Crippen molar-refractivity contribution in [2.75, 3.05) is 27.4 Å². The number of nitrogens with zero attached hydrogens (tertiary/aromatic N) is 6. The first-order valence-corrected chi connectivity index (χ1v) is 11.3. The number of imidazole rings is 1. The van der Waals surface area contributed by atoms with Crippen LogP contribution in [0.25, 0.3) is 28.5 Å². The zero-order chi connectivity index (χ0) is 23.4. The molecule has 2 aliphatic rings. The number of benzene rings is 1. The molecule has 0 spiro atoms. The Hall–Kier alpha value is -3.50. The van der Waals surface area contributed by atoms with E-state index in [2.05, 4.69) is 25.9 Å². The summed E-state index contributed by atoms with van der Waals surface area (Å²) < 4.78 is 26.0. The molecule has 1 aromatic carbocycles. The molecule has 0 N–H and O–H groups in total. The molecule has 0 bridgehead atoms. The molecule has 1 saturated heterocycles. The number of aromatic nitrogens is 6. The monoisotopic (exact) mass is 462 g/mol. The standard InChI is InChI=1S/C24H26N6O4/c1-24(2,32-4)23-26-22(28-34-23)21-19-7-15-10-29(9-14-11-33-12-14)27-20(15)17-8-16(31-3)5-6-18(17)30(19)13-25-21/h5-6,8,10,13-14H,7,9,11-12H2,1-4H3. The number of fused-ring (bicyclic) bond motifs is 5. The maximum atomic E-state index is 5.52. The average molecular weight is 463 g/mol. The second-order valence-corrected chi connectivity index (χ2v) is 9.24. The average Bonchev–Trinajstić information content (AvgIpc) is 3.53. The number of methoxy groups -OCH3 is 2. The quantitative estimate of drug-likeness (QED) is 0.379. The van der Waals surface area contributed by atoms with Gasteiger partial charge >= 0.3 is 0 Å². The van der Waals surface area contributed by atoms with Gasteiger partial charge in [0.1, 0.15) is 23.4 Å². The third kappa shape index (κ3) is 3.33. The van der Waals surface area contributed by atoms with E-state index < -0.39 is 5.60 Å². The summed E-state index contributed by atoms with van der Waals surface area (Å²) >= 11 is 0. The van der Waals surface area contributed by atoms with Crippen molar-refractivity contribution in [3.63, 3.8) is 0 Å². The smallest absolute Gasteiger partial charge is 0.258 e. The van der Waals surface area contributed by atoms with Crippen LogP contribution in [0.5, 0.6) is 5.75 Å². The fourth-order valence-electron chi connectivity index (χ4n) is 4.38. The van der Waals surface area contributed by atoms with Gasteiger partial charge in [-0.25, -0.2) is 4.98 Å². The van der Waals surface area contributed by atoms with Crippen molar-refractivity contribution in [3.05, 3.63) is 47.9 Å². The first-order chi connectivity index (χ1) is 16.5. The van der Waals surface area contributed by atoms with Crippen molar-refractivity contribution in [1.82, 2.24) is 29.5 Å². The number of rotatable bonds is 6. The Kier molecular flexibility index (Phi) is 4.82. The lowest BCUT2D eigenvalue weighted by molar-refractivity contribution is -0.0408. The van der Waals surface area contributed by atoms with E-state index in [1.165, 1.54) is 0 Å². The minimum Gasteiger partial charge on any atom is -0.497 e. The molecule has 0 atom stereocenters. The molecule has 176 valence electrons. The van der Waals surface area contributed by atoms with Gasteiger partial charge in [-0.3, -0.25) is 4.68 Å². The van der Waals surface area contributed by atoms with E-state index in [0.717, 1.165) is 53.7 Å². The molecule has 6 rings (SSSR count). The normalized spacial score (nSPS) is 15.3. The SMILES string of the molecule is COc1ccc2c(c1)-c1nn(CC3COC3)cc1Cc1c(-c3noc(C(C)(C)OC)n3)ncn1-2. The van der Waals surface area contributed by atoms with Gasteiger partial charge in [-0.2, -0.15) is 10.1 Å². The third-order valence-electron chi connectivity index (χ3n) is 6.60. The van der Waals surface area contributed by atoms with Crippen molar-refractivity contribution in [1.29, 1.82) is 0 Å². The molecular formula is C24H26N6O4. The Morgan fingerprint density at radius 1 is 1.18 bits per heavy atom. The van der Waals surface area contributed by atoms with E-state index in [1.54, 1.807) is 20.5 Å². The van der Waals surface area contributed by atoms with Crippen LogP contribution >= 0.6 is 0 Å². The topological polar surface area (TPSA) is 102 Å². The van der Waals surface area contributed by atoms with Crippen LogP contribution < -0.4 is 4.74 Å². The Balaban J connectivity index is 1.48. The first kappa shape index (κ1) is 21.1. The summed E-state index contributed by atoms with van der Waals surface area (Å²) in [4.78, 5) is 9.29. The van der Waals surface area contributed by atoms with Crippen molar-refractivity contribution < 1.29 is 18.7 Å². The summed E-state index contributed by atoms with van der Waals surface area (Å²) in [7, 11) is 3.29. The molecule has 0 saturated carbocycles. The van der Waals surface area contributed by atoms with Gasteiger partial charge in [-0.15, -0.1) is 0 Å². The maximum absolute atomic E-state index is 5.52. The second kappa shape index (κ2) is 7.78. The largest absolute Gasteiger partial charge is 0.497 e. The zero-order valence-electron chi connectivity index (χ0n) is 19.6. The molecule has 2 aliphatic heterocycles. The van der Waals surface area contributed by atoms with Crippen LogP contribution in [0.15, 0.2) is 35.2 Å². The third-order valence-corrected chi connectivity index (χ3v) is 6.60. The van der Waals surface area contributed by atoms with E-state index in [4.69, 9.17) is 23.8 Å². The Labute approximate surface area is 196 Å². The minimum absolute atomic E-state index is 0.404. The number of hydrogen-bond donors (Lipinski definition) is 0. The van der Waals surface area contributed by atoms with Gasteiger partial charge < -0.3 is 23.3 Å². The molecule has 5 heterocycles. The predicted molar refractivity (Wildman–Crippen MR) is 122 cm³/mol. The van der Waals surface area contributed by atoms with Crippen LogP contribution in [0.3, 0.4) is 0 Å². The second-order valence-electron chi connectivity index (χ2n) is 9.24. The van der Waals surface area contributed by atoms with Gasteiger partial charge in [0.15, 0.2) is 0 Å². The number of hydrogen-bond acceptors (Lipinski definition) is 8. The summed E-state index contributed by atoms with van der Waals surface area (Å²) in [5.74, 6) is 2.12. The van der Waals surface area contributed by atoms with Gasteiger partial charge in [0.05, 0.1) is 37.4 Å². The van der Waals surface area contributed by atoms with E-state index in [0.29, 0.717) is 29.7 Å². The highest BCUT2D eigenvalue weighted by Crippen LogP contribution is 2.39. The fraction of sp³-hybridized carbons (Fsp3) is 0.417. The van der Waals surface area contributed by atoms with Crippen LogP contribution in [0.2, 0.25) is 0 Å². The minimum atomic E-state index is -0.690. The lowest BCUT2D eigenvalue weighted by atomic mass is 10.0. The van der Waals surface area contributed by atoms with Crippen molar-refractivity contribution in [2.24, 2.45) is 5.92 Å². The molecule has 34 heavy (non-hydrogen) atoms. The zero-order valence-corrected chi connectivity index (χ0v) is 19.6. The van der Waals surface area contributed by atoms with E-state index in [-0.39, 0.29) is 0 Å². The van der Waals surface area contributed by atoms with Gasteiger partial charge in [0.2, 0.25) is 5.82 Å². The van der Waals surface area contributed by atoms with E-state index in [9.17, 15) is 0 Å². The van der Waals surface area contributed by atoms with Crippen molar-refractivity contribution in [3.8, 4) is 34.2 Å². The van der Waals surface area contributed by atoms with Crippen LogP contribution in [-0.2, 0) is 28.0 Å². The first-order valence-electron chi connectivity index (χ1n) is 11.3. The Bertz CT molecular complexity index is 1360. The Morgan fingerprint density at radius 2 is 2.03 bits per heavy atom. The lowest BCUT2D eigenvalue weighted by Gasteiger charge is -2.25. The van der Waals surface area contributed by atoms with E-state index >= 15 is 0 Å². The van der Waals surface area contributed by atoms with E-state index in [1.807, 2.05) is 36.7 Å². The highest BCUT2D eigenvalue weighted by atomic mass is 16.5. The van der Waals surface area contributed by atoms with Crippen LogP contribution in [0, 0.1) is 5.92 Å². The highest BCUT2D eigenvalue weighted by molar-refractivity contribution is 5.77. The van der Waals surface area contributed by atoms with Crippen molar-refractivity contribution in [2.45, 2.75) is 32.4 Å². The van der Waals surface area contributed by atoms with Gasteiger partial charge in [-0.1, -0.05) is 5.16 Å². The summed E-state index contributed by atoms with van der Waals surface area (Å²) in [5, 5.41) is 9.18. The molecule has 0 aliphatic carbocycles. The van der Waals surface area contributed by atoms with Gasteiger partial charge in [0.25, 0.3) is 5.89 Å². The fourth-order valence-corrected chi connectivity index (χ4v) is 4.38. The van der Waals surface area contributed by atoms with Crippen molar-refractivity contribution >= 4 is 0 Å². The van der Waals surface area contributed by atoms with Gasteiger partial charge in [0, 0.05) is 43.3 Å². The summed E-state index contributed by atoms with van der Waals surface area (Å²) in [6.07, 6.45) is 4.55. The molecule has 3 aromatic heterocycles. The molecule has 0 unspecified atom stereocenters.